The molecule has 7 nitrogen and oxygen atoms in total. The van der Waals surface area contributed by atoms with Crippen LogP contribution in [0.5, 0.6) is 0 Å². The summed E-state index contributed by atoms with van der Waals surface area (Å²) in [4.78, 5) is 27.5. The van der Waals surface area contributed by atoms with Crippen LogP contribution in [-0.2, 0) is 10.2 Å². The first kappa shape index (κ1) is 28.8. The topological polar surface area (TPSA) is 79.3 Å². The van der Waals surface area contributed by atoms with E-state index in [9.17, 15) is 14.0 Å². The summed E-state index contributed by atoms with van der Waals surface area (Å²) in [6, 6.07) is 10.2. The number of amides is 3. The summed E-state index contributed by atoms with van der Waals surface area (Å²) in [6.45, 7) is 8.16. The van der Waals surface area contributed by atoms with Crippen LogP contribution in [0.3, 0.4) is 0 Å². The third kappa shape index (κ3) is 7.60. The van der Waals surface area contributed by atoms with E-state index >= 15 is 0 Å². The van der Waals surface area contributed by atoms with Crippen LogP contribution in [0.4, 0.5) is 20.7 Å². The summed E-state index contributed by atoms with van der Waals surface area (Å²) < 4.78 is 15.1. The zero-order valence-corrected chi connectivity index (χ0v) is 23.3. The molecule has 0 spiro atoms. The number of benzene rings is 2. The second kappa shape index (κ2) is 12.2. The predicted molar refractivity (Wildman–Crippen MR) is 148 cm³/mol. The SMILES string of the molecule is CCCCN(CC(=O)Nc1cc(C(C)(C)C)nn1-c1ccc(Cl)c(Cl)c1)C(=O)Nc1ccc(F)c(Cl)c1. The maximum absolute atomic E-state index is 13.5. The highest BCUT2D eigenvalue weighted by atomic mass is 35.5. The monoisotopic (exact) mass is 567 g/mol. The Labute approximate surface area is 230 Å². The number of anilines is 2. The summed E-state index contributed by atoms with van der Waals surface area (Å²) in [6.07, 6.45) is 1.52. The molecule has 0 radical (unpaired) electrons. The van der Waals surface area contributed by atoms with Crippen LogP contribution in [0.2, 0.25) is 15.1 Å². The van der Waals surface area contributed by atoms with Gasteiger partial charge in [-0.1, -0.05) is 68.9 Å². The van der Waals surface area contributed by atoms with Gasteiger partial charge in [0.05, 0.1) is 26.4 Å². The van der Waals surface area contributed by atoms with Crippen molar-refractivity contribution in [3.05, 3.63) is 69.0 Å². The van der Waals surface area contributed by atoms with Crippen molar-refractivity contribution in [3.63, 3.8) is 0 Å². The molecule has 37 heavy (non-hydrogen) atoms. The number of hydrogen-bond donors (Lipinski definition) is 2. The first-order chi connectivity index (χ1) is 17.4. The Morgan fingerprint density at radius 3 is 2.35 bits per heavy atom. The van der Waals surface area contributed by atoms with Crippen molar-refractivity contribution in [1.82, 2.24) is 14.7 Å². The first-order valence-corrected chi connectivity index (χ1v) is 12.9. The van der Waals surface area contributed by atoms with E-state index in [0.717, 1.165) is 18.2 Å². The van der Waals surface area contributed by atoms with E-state index < -0.39 is 17.8 Å². The zero-order chi connectivity index (χ0) is 27.3. The van der Waals surface area contributed by atoms with Crippen LogP contribution >= 0.6 is 34.8 Å². The Balaban J connectivity index is 1.83. The lowest BCUT2D eigenvalue weighted by Crippen LogP contribution is -2.41. The third-order valence-corrected chi connectivity index (χ3v) is 6.50. The third-order valence-electron chi connectivity index (χ3n) is 5.47. The van der Waals surface area contributed by atoms with Gasteiger partial charge in [-0.2, -0.15) is 5.10 Å². The average Bonchev–Trinajstić information content (AvgIpc) is 3.25. The lowest BCUT2D eigenvalue weighted by atomic mass is 9.92. The fraction of sp³-hybridized carbons (Fsp3) is 0.346. The van der Waals surface area contributed by atoms with E-state index in [4.69, 9.17) is 34.8 Å². The molecule has 0 atom stereocenters. The summed E-state index contributed by atoms with van der Waals surface area (Å²) in [7, 11) is 0. The number of halogens is 4. The van der Waals surface area contributed by atoms with E-state index in [2.05, 4.69) is 15.7 Å². The summed E-state index contributed by atoms with van der Waals surface area (Å²) >= 11 is 18.1. The molecule has 0 saturated carbocycles. The van der Waals surface area contributed by atoms with Crippen LogP contribution in [0.1, 0.15) is 46.2 Å². The van der Waals surface area contributed by atoms with Crippen molar-refractivity contribution in [1.29, 1.82) is 0 Å². The summed E-state index contributed by atoms with van der Waals surface area (Å²) in [5, 5.41) is 10.9. The van der Waals surface area contributed by atoms with E-state index in [0.29, 0.717) is 40.2 Å². The number of carbonyl (C=O) groups is 2. The number of unbranched alkanes of at least 4 members (excludes halogenated alkanes) is 1. The molecule has 0 aliphatic rings. The molecule has 11 heteroatoms. The molecule has 1 heterocycles. The smallest absolute Gasteiger partial charge is 0.315 e. The molecule has 0 unspecified atom stereocenters. The molecule has 0 bridgehead atoms. The van der Waals surface area contributed by atoms with Gasteiger partial charge in [0.1, 0.15) is 18.2 Å². The number of carbonyl (C=O) groups excluding carboxylic acids is 2. The maximum atomic E-state index is 13.5. The number of rotatable bonds is 8. The van der Waals surface area contributed by atoms with Gasteiger partial charge in [0, 0.05) is 23.7 Å². The van der Waals surface area contributed by atoms with E-state index in [1.165, 1.54) is 17.0 Å². The van der Waals surface area contributed by atoms with Gasteiger partial charge in [-0.25, -0.2) is 13.9 Å². The lowest BCUT2D eigenvalue weighted by Gasteiger charge is -2.22. The van der Waals surface area contributed by atoms with Crippen molar-refractivity contribution in [2.75, 3.05) is 23.7 Å². The molecule has 2 N–H and O–H groups in total. The van der Waals surface area contributed by atoms with E-state index in [1.807, 2.05) is 27.7 Å². The van der Waals surface area contributed by atoms with Crippen molar-refractivity contribution in [2.45, 2.75) is 46.0 Å². The zero-order valence-electron chi connectivity index (χ0n) is 21.0. The van der Waals surface area contributed by atoms with Gasteiger partial charge in [0.25, 0.3) is 0 Å². The fourth-order valence-electron chi connectivity index (χ4n) is 3.38. The van der Waals surface area contributed by atoms with Crippen molar-refractivity contribution < 1.29 is 14.0 Å². The van der Waals surface area contributed by atoms with Gasteiger partial charge in [0.15, 0.2) is 0 Å². The summed E-state index contributed by atoms with van der Waals surface area (Å²) in [5.41, 5.74) is 1.41. The van der Waals surface area contributed by atoms with Gasteiger partial charge in [-0.15, -0.1) is 0 Å². The standard InChI is InChI=1S/C26H29Cl3FN5O2/c1-5-6-11-34(25(37)31-16-7-10-21(30)20(29)12-16)15-24(36)32-23-14-22(26(2,3)4)33-35(23)17-8-9-18(27)19(28)13-17/h7-10,12-14H,5-6,11,15H2,1-4H3,(H,31,37)(H,32,36). The molecule has 0 aliphatic heterocycles. The Kier molecular flexibility index (Phi) is 9.45. The van der Waals surface area contributed by atoms with Gasteiger partial charge in [-0.3, -0.25) is 4.79 Å². The Morgan fingerprint density at radius 1 is 1.00 bits per heavy atom. The summed E-state index contributed by atoms with van der Waals surface area (Å²) in [5.74, 6) is -0.574. The van der Waals surface area contributed by atoms with E-state index in [-0.39, 0.29) is 17.0 Å². The van der Waals surface area contributed by atoms with Gasteiger partial charge in [0.2, 0.25) is 5.91 Å². The van der Waals surface area contributed by atoms with Gasteiger partial charge >= 0.3 is 6.03 Å². The quantitative estimate of drug-likeness (QED) is 0.295. The van der Waals surface area contributed by atoms with E-state index in [1.54, 1.807) is 28.9 Å². The Bertz CT molecular complexity index is 1290. The van der Waals surface area contributed by atoms with Crippen LogP contribution in [0.15, 0.2) is 42.5 Å². The minimum Gasteiger partial charge on any atom is -0.315 e. The molecule has 1 aromatic heterocycles. The molecule has 2 aromatic carbocycles. The molecule has 0 fully saturated rings. The average molecular weight is 569 g/mol. The predicted octanol–water partition coefficient (Wildman–Crippen LogP) is 7.54. The lowest BCUT2D eigenvalue weighted by molar-refractivity contribution is -0.116. The van der Waals surface area contributed by atoms with Crippen molar-refractivity contribution in [3.8, 4) is 5.69 Å². The first-order valence-electron chi connectivity index (χ1n) is 11.8. The Morgan fingerprint density at radius 2 is 1.73 bits per heavy atom. The molecular formula is C26H29Cl3FN5O2. The fourth-order valence-corrected chi connectivity index (χ4v) is 3.86. The largest absolute Gasteiger partial charge is 0.322 e. The van der Waals surface area contributed by atoms with Crippen LogP contribution in [-0.4, -0.2) is 39.7 Å². The Hall–Kier alpha value is -2.81. The molecular weight excluding hydrogens is 540 g/mol. The molecule has 198 valence electrons. The number of nitrogens with zero attached hydrogens (tertiary/aromatic N) is 3. The highest BCUT2D eigenvalue weighted by molar-refractivity contribution is 6.42. The van der Waals surface area contributed by atoms with Crippen molar-refractivity contribution >= 4 is 58.2 Å². The second-order valence-electron chi connectivity index (χ2n) is 9.56. The van der Waals surface area contributed by atoms with Crippen LogP contribution in [0.25, 0.3) is 5.69 Å². The number of aromatic nitrogens is 2. The van der Waals surface area contributed by atoms with Crippen LogP contribution in [0, 0.1) is 5.82 Å². The number of nitrogens with one attached hydrogen (secondary N) is 2. The number of urea groups is 1. The molecule has 0 aliphatic carbocycles. The normalized spacial score (nSPS) is 11.4. The molecule has 3 amide bonds. The van der Waals surface area contributed by atoms with Crippen LogP contribution < -0.4 is 10.6 Å². The second-order valence-corrected chi connectivity index (χ2v) is 10.8. The van der Waals surface area contributed by atoms with Gasteiger partial charge in [-0.05, 0) is 42.8 Å². The minimum absolute atomic E-state index is 0.110. The highest BCUT2D eigenvalue weighted by Gasteiger charge is 2.23. The molecule has 0 saturated heterocycles. The van der Waals surface area contributed by atoms with Gasteiger partial charge < -0.3 is 15.5 Å². The minimum atomic E-state index is -0.588. The molecule has 3 aromatic rings. The maximum Gasteiger partial charge on any atom is 0.322 e. The number of hydrogen-bond acceptors (Lipinski definition) is 3. The highest BCUT2D eigenvalue weighted by Crippen LogP contribution is 2.29. The van der Waals surface area contributed by atoms with Crippen molar-refractivity contribution in [2.24, 2.45) is 0 Å². The molecule has 3 rings (SSSR count).